The van der Waals surface area contributed by atoms with Crippen LogP contribution in [0.3, 0.4) is 0 Å². The number of nitrogens with zero attached hydrogens (tertiary/aromatic N) is 1. The summed E-state index contributed by atoms with van der Waals surface area (Å²) in [5.74, 6) is -4.56. The van der Waals surface area contributed by atoms with Crippen LogP contribution in [0.5, 0.6) is 0 Å². The Balaban J connectivity index is 2.13. The molecule has 2 rings (SSSR count). The number of halogens is 3. The van der Waals surface area contributed by atoms with Gasteiger partial charge in [0.25, 0.3) is 5.91 Å². The van der Waals surface area contributed by atoms with Crippen molar-refractivity contribution in [1.82, 2.24) is 10.3 Å². The Hall–Kier alpha value is -2.31. The minimum absolute atomic E-state index is 0.0239. The Morgan fingerprint density at radius 3 is 2.55 bits per heavy atom. The number of rotatable bonds is 3. The first kappa shape index (κ1) is 14.1. The number of aromatic nitrogens is 1. The highest BCUT2D eigenvalue weighted by atomic mass is 19.2. The van der Waals surface area contributed by atoms with Gasteiger partial charge in [-0.15, -0.1) is 0 Å². The summed E-state index contributed by atoms with van der Waals surface area (Å²) in [6.45, 7) is 3.31. The molecular weight excluding hydrogens is 273 g/mol. The summed E-state index contributed by atoms with van der Waals surface area (Å²) in [5.41, 5.74) is 0.0198. The minimum atomic E-state index is -1.68. The summed E-state index contributed by atoms with van der Waals surface area (Å²) < 4.78 is 44.4. The highest BCUT2D eigenvalue weighted by molar-refractivity contribution is 5.94. The van der Waals surface area contributed by atoms with Crippen LogP contribution in [0.4, 0.5) is 13.2 Å². The largest absolute Gasteiger partial charge is 0.444 e. The fourth-order valence-corrected chi connectivity index (χ4v) is 1.69. The molecule has 0 aliphatic heterocycles. The van der Waals surface area contributed by atoms with Gasteiger partial charge in [0, 0.05) is 6.92 Å². The van der Waals surface area contributed by atoms with Crippen molar-refractivity contribution < 1.29 is 22.4 Å². The van der Waals surface area contributed by atoms with Gasteiger partial charge in [-0.25, -0.2) is 18.2 Å². The number of hydrogen-bond acceptors (Lipinski definition) is 3. The zero-order valence-corrected chi connectivity index (χ0v) is 10.8. The molecule has 20 heavy (non-hydrogen) atoms. The fraction of sp³-hybridized carbons (Fsp3) is 0.231. The lowest BCUT2D eigenvalue weighted by molar-refractivity contribution is 0.0942. The zero-order valence-electron chi connectivity index (χ0n) is 10.8. The Morgan fingerprint density at radius 1 is 1.25 bits per heavy atom. The Labute approximate surface area is 112 Å². The third-order valence-electron chi connectivity index (χ3n) is 2.69. The first-order valence-corrected chi connectivity index (χ1v) is 5.74. The zero-order chi connectivity index (χ0) is 14.9. The quantitative estimate of drug-likeness (QED) is 0.881. The third-order valence-corrected chi connectivity index (χ3v) is 2.69. The number of nitrogens with one attached hydrogen (secondary N) is 1. The van der Waals surface area contributed by atoms with Crippen LogP contribution in [0.2, 0.25) is 0 Å². The van der Waals surface area contributed by atoms with Crippen molar-refractivity contribution in [3.8, 4) is 0 Å². The van der Waals surface area contributed by atoms with Gasteiger partial charge in [-0.2, -0.15) is 0 Å². The normalized spacial score (nSPS) is 10.7. The lowest BCUT2D eigenvalue weighted by Gasteiger charge is -2.05. The first-order valence-electron chi connectivity index (χ1n) is 5.74. The highest BCUT2D eigenvalue weighted by Gasteiger charge is 2.19. The molecule has 1 aromatic carbocycles. The number of carbonyl (C=O) groups is 1. The van der Waals surface area contributed by atoms with E-state index in [9.17, 15) is 18.0 Å². The van der Waals surface area contributed by atoms with Gasteiger partial charge >= 0.3 is 0 Å². The van der Waals surface area contributed by atoms with Gasteiger partial charge in [0.1, 0.15) is 5.76 Å². The van der Waals surface area contributed by atoms with Crippen molar-refractivity contribution in [2.75, 3.05) is 0 Å². The van der Waals surface area contributed by atoms with Gasteiger partial charge in [0.15, 0.2) is 23.3 Å². The average molecular weight is 284 g/mol. The molecule has 0 aliphatic carbocycles. The van der Waals surface area contributed by atoms with E-state index in [-0.39, 0.29) is 6.54 Å². The van der Waals surface area contributed by atoms with E-state index in [1.807, 2.05) is 0 Å². The molecule has 0 saturated heterocycles. The molecule has 1 heterocycles. The van der Waals surface area contributed by atoms with Crippen LogP contribution >= 0.6 is 0 Å². The molecular formula is C13H11F3N2O2. The predicted molar refractivity (Wildman–Crippen MR) is 63.5 cm³/mol. The average Bonchev–Trinajstić information content (AvgIpc) is 2.72. The molecule has 1 amide bonds. The molecule has 7 heteroatoms. The maximum absolute atomic E-state index is 13.4. The number of oxazole rings is 1. The van der Waals surface area contributed by atoms with Crippen LogP contribution in [0, 0.1) is 31.3 Å². The number of amides is 1. The molecule has 1 N–H and O–H groups in total. The van der Waals surface area contributed by atoms with E-state index in [1.165, 1.54) is 0 Å². The van der Waals surface area contributed by atoms with Crippen LogP contribution in [0.1, 0.15) is 27.7 Å². The Morgan fingerprint density at radius 2 is 1.95 bits per heavy atom. The second-order valence-electron chi connectivity index (χ2n) is 4.15. The van der Waals surface area contributed by atoms with Gasteiger partial charge in [0.05, 0.1) is 17.8 Å². The Kier molecular flexibility index (Phi) is 3.78. The molecule has 2 aromatic rings. The SMILES string of the molecule is Cc1nc(C)c(CNC(=O)c2ccc(F)c(F)c2F)o1. The molecule has 0 bridgehead atoms. The van der Waals surface area contributed by atoms with E-state index in [1.54, 1.807) is 13.8 Å². The summed E-state index contributed by atoms with van der Waals surface area (Å²) in [4.78, 5) is 15.7. The van der Waals surface area contributed by atoms with Gasteiger partial charge in [-0.05, 0) is 19.1 Å². The second kappa shape index (κ2) is 5.36. The maximum Gasteiger partial charge on any atom is 0.254 e. The van der Waals surface area contributed by atoms with Crippen molar-refractivity contribution in [2.45, 2.75) is 20.4 Å². The summed E-state index contributed by atoms with van der Waals surface area (Å²) in [5, 5.41) is 2.36. The van der Waals surface area contributed by atoms with Gasteiger partial charge in [0.2, 0.25) is 0 Å². The van der Waals surface area contributed by atoms with Crippen molar-refractivity contribution in [3.63, 3.8) is 0 Å². The van der Waals surface area contributed by atoms with Gasteiger partial charge < -0.3 is 9.73 Å². The van der Waals surface area contributed by atoms with E-state index in [2.05, 4.69) is 10.3 Å². The fourth-order valence-electron chi connectivity index (χ4n) is 1.69. The topological polar surface area (TPSA) is 55.1 Å². The van der Waals surface area contributed by atoms with Crippen molar-refractivity contribution in [3.05, 3.63) is 52.5 Å². The van der Waals surface area contributed by atoms with Crippen LogP contribution in [0.25, 0.3) is 0 Å². The van der Waals surface area contributed by atoms with E-state index in [4.69, 9.17) is 4.42 Å². The monoisotopic (exact) mass is 284 g/mol. The number of aryl methyl sites for hydroxylation is 2. The minimum Gasteiger partial charge on any atom is -0.444 e. The molecule has 0 atom stereocenters. The summed E-state index contributed by atoms with van der Waals surface area (Å²) in [6, 6.07) is 1.57. The van der Waals surface area contributed by atoms with E-state index < -0.39 is 28.9 Å². The summed E-state index contributed by atoms with van der Waals surface area (Å²) >= 11 is 0. The molecule has 1 aromatic heterocycles. The van der Waals surface area contributed by atoms with Crippen molar-refractivity contribution in [1.29, 1.82) is 0 Å². The molecule has 0 fully saturated rings. The maximum atomic E-state index is 13.4. The molecule has 4 nitrogen and oxygen atoms in total. The first-order chi connectivity index (χ1) is 9.40. The number of benzene rings is 1. The van der Waals surface area contributed by atoms with Crippen LogP contribution < -0.4 is 5.32 Å². The highest BCUT2D eigenvalue weighted by Crippen LogP contribution is 2.15. The third kappa shape index (κ3) is 2.66. The second-order valence-corrected chi connectivity index (χ2v) is 4.15. The smallest absolute Gasteiger partial charge is 0.254 e. The van der Waals surface area contributed by atoms with Crippen molar-refractivity contribution >= 4 is 5.91 Å². The van der Waals surface area contributed by atoms with E-state index in [0.717, 1.165) is 6.07 Å². The van der Waals surface area contributed by atoms with Crippen LogP contribution in [-0.2, 0) is 6.54 Å². The lowest BCUT2D eigenvalue weighted by Crippen LogP contribution is -2.24. The number of hydrogen-bond donors (Lipinski definition) is 1. The predicted octanol–water partition coefficient (Wildman–Crippen LogP) is 2.64. The standard InChI is InChI=1S/C13H11F3N2O2/c1-6-10(20-7(2)18-6)5-17-13(19)8-3-4-9(14)12(16)11(8)15/h3-4H,5H2,1-2H3,(H,17,19). The van der Waals surface area contributed by atoms with Crippen molar-refractivity contribution in [2.24, 2.45) is 0 Å². The van der Waals surface area contributed by atoms with Crippen LogP contribution in [-0.4, -0.2) is 10.9 Å². The van der Waals surface area contributed by atoms with E-state index >= 15 is 0 Å². The number of carbonyl (C=O) groups excluding carboxylic acids is 1. The summed E-state index contributed by atoms with van der Waals surface area (Å²) in [6.07, 6.45) is 0. The molecule has 0 radical (unpaired) electrons. The van der Waals surface area contributed by atoms with E-state index in [0.29, 0.717) is 23.4 Å². The van der Waals surface area contributed by atoms with Crippen LogP contribution in [0.15, 0.2) is 16.5 Å². The summed E-state index contributed by atoms with van der Waals surface area (Å²) in [7, 11) is 0. The van der Waals surface area contributed by atoms with Gasteiger partial charge in [-0.1, -0.05) is 0 Å². The Bertz CT molecular complexity index is 668. The molecule has 0 saturated carbocycles. The lowest BCUT2D eigenvalue weighted by atomic mass is 10.2. The molecule has 106 valence electrons. The molecule has 0 spiro atoms. The van der Waals surface area contributed by atoms with Gasteiger partial charge in [-0.3, -0.25) is 4.79 Å². The molecule has 0 aliphatic rings. The molecule has 0 unspecified atom stereocenters.